The predicted octanol–water partition coefficient (Wildman–Crippen LogP) is 14.6. The Morgan fingerprint density at radius 3 is 1.87 bits per heavy atom. The number of hydrogen-bond acceptors (Lipinski definition) is 2. The van der Waals surface area contributed by atoms with Crippen molar-refractivity contribution in [2.75, 3.05) is 4.90 Å². The van der Waals surface area contributed by atoms with Gasteiger partial charge >= 0.3 is 0 Å². The zero-order valence-electron chi connectivity index (χ0n) is 30.1. The molecule has 0 spiro atoms. The van der Waals surface area contributed by atoms with Crippen molar-refractivity contribution in [2.24, 2.45) is 0 Å². The quantitative estimate of drug-likeness (QED) is 0.177. The van der Waals surface area contributed by atoms with Gasteiger partial charge in [0.1, 0.15) is 0 Å². The van der Waals surface area contributed by atoms with E-state index < -0.39 is 0 Å². The molecule has 0 amide bonds. The number of rotatable bonds is 4. The maximum Gasteiger partial charge on any atom is 0.0541 e. The number of aromatic nitrogens is 1. The molecule has 8 aromatic carbocycles. The Balaban J connectivity index is 1.05. The van der Waals surface area contributed by atoms with Crippen LogP contribution in [0.5, 0.6) is 0 Å². The Hall–Kier alpha value is -6.42. The first kappa shape index (κ1) is 31.1. The van der Waals surface area contributed by atoms with E-state index >= 15 is 0 Å². The van der Waals surface area contributed by atoms with Crippen LogP contribution in [-0.2, 0) is 5.41 Å². The van der Waals surface area contributed by atoms with Gasteiger partial charge in [-0.2, -0.15) is 0 Å². The van der Waals surface area contributed by atoms with Gasteiger partial charge in [0.2, 0.25) is 0 Å². The molecule has 1 aliphatic heterocycles. The van der Waals surface area contributed by atoms with Gasteiger partial charge in [0.25, 0.3) is 0 Å². The fourth-order valence-electron chi connectivity index (χ4n) is 8.88. The lowest BCUT2D eigenvalue weighted by Crippen LogP contribution is -2.30. The van der Waals surface area contributed by atoms with Gasteiger partial charge in [0.15, 0.2) is 0 Å². The number of nitrogens with zero attached hydrogens (tertiary/aromatic N) is 2. The van der Waals surface area contributed by atoms with Crippen LogP contribution >= 0.6 is 11.3 Å². The minimum absolute atomic E-state index is 0.187. The zero-order chi connectivity index (χ0) is 36.0. The van der Waals surface area contributed by atoms with Crippen LogP contribution in [0.3, 0.4) is 0 Å². The summed E-state index contributed by atoms with van der Waals surface area (Å²) in [4.78, 5) is 2.44. The van der Waals surface area contributed by atoms with Crippen LogP contribution in [0.4, 0.5) is 17.1 Å². The van der Waals surface area contributed by atoms with E-state index in [0.29, 0.717) is 0 Å². The first-order valence-electron chi connectivity index (χ1n) is 18.7. The van der Waals surface area contributed by atoms with E-state index in [1.54, 1.807) is 0 Å². The van der Waals surface area contributed by atoms with Crippen LogP contribution < -0.4 is 4.90 Å². The highest BCUT2D eigenvalue weighted by Crippen LogP contribution is 2.53. The number of thiophene rings is 1. The molecule has 0 radical (unpaired) electrons. The van der Waals surface area contributed by atoms with Crippen LogP contribution in [0.2, 0.25) is 0 Å². The van der Waals surface area contributed by atoms with Crippen LogP contribution in [0.15, 0.2) is 182 Å². The average Bonchev–Trinajstić information content (AvgIpc) is 3.76. The van der Waals surface area contributed by atoms with Gasteiger partial charge in [-0.25, -0.2) is 0 Å². The normalized spacial score (nSPS) is 13.5. The van der Waals surface area contributed by atoms with E-state index in [4.69, 9.17) is 0 Å². The lowest BCUT2D eigenvalue weighted by molar-refractivity contribution is 0.632. The molecule has 3 heteroatoms. The van der Waals surface area contributed by atoms with Crippen molar-refractivity contribution in [2.45, 2.75) is 19.3 Å². The van der Waals surface area contributed by atoms with Gasteiger partial charge < -0.3 is 9.47 Å². The van der Waals surface area contributed by atoms with Crippen LogP contribution in [0.25, 0.3) is 69.9 Å². The van der Waals surface area contributed by atoms with Gasteiger partial charge in [-0.05, 0) is 106 Å². The van der Waals surface area contributed by atoms with E-state index in [2.05, 4.69) is 205 Å². The summed E-state index contributed by atoms with van der Waals surface area (Å²) >= 11 is 1.87. The molecule has 54 heavy (non-hydrogen) atoms. The monoisotopic (exact) mass is 708 g/mol. The molecule has 0 aliphatic carbocycles. The van der Waals surface area contributed by atoms with Crippen molar-refractivity contribution in [3.05, 3.63) is 193 Å². The summed E-state index contributed by atoms with van der Waals surface area (Å²) in [7, 11) is 0. The smallest absolute Gasteiger partial charge is 0.0541 e. The lowest BCUT2D eigenvalue weighted by atomic mass is 9.73. The summed E-state index contributed by atoms with van der Waals surface area (Å²) in [5, 5.41) is 5.17. The number of hydrogen-bond donors (Lipinski definition) is 0. The molecule has 256 valence electrons. The highest BCUT2D eigenvalue weighted by molar-refractivity contribution is 7.25. The molecule has 0 unspecified atom stereocenters. The SMILES string of the molecule is CC1(C)c2ccccc2N(c2ccc(-c3ccccc3)cc2)c2ccc(-c3ccc4c(c3)c3ccccc3n4-c3ccc4sc5ccccc5c4c3)cc21. The van der Waals surface area contributed by atoms with Crippen LogP contribution in [-0.4, -0.2) is 4.57 Å². The maximum absolute atomic E-state index is 2.44. The molecular formula is C51H36N2S. The van der Waals surface area contributed by atoms with E-state index in [0.717, 1.165) is 5.69 Å². The van der Waals surface area contributed by atoms with Crippen molar-refractivity contribution in [3.8, 4) is 27.9 Å². The maximum atomic E-state index is 2.44. The van der Waals surface area contributed by atoms with Crippen LogP contribution in [0.1, 0.15) is 25.0 Å². The minimum atomic E-state index is -0.187. The van der Waals surface area contributed by atoms with Crippen molar-refractivity contribution in [1.29, 1.82) is 0 Å². The van der Waals surface area contributed by atoms with E-state index in [1.807, 2.05) is 11.3 Å². The van der Waals surface area contributed by atoms with E-state index in [9.17, 15) is 0 Å². The fraction of sp³-hybridized carbons (Fsp3) is 0.0588. The molecule has 1 aliphatic rings. The molecule has 0 saturated heterocycles. The molecule has 0 bridgehead atoms. The minimum Gasteiger partial charge on any atom is -0.310 e. The second kappa shape index (κ2) is 11.8. The number of benzene rings is 8. The average molecular weight is 709 g/mol. The third-order valence-electron chi connectivity index (χ3n) is 11.6. The van der Waals surface area contributed by atoms with E-state index in [1.165, 1.54) is 92.4 Å². The molecule has 0 fully saturated rings. The molecule has 0 saturated carbocycles. The number of fused-ring (bicyclic) bond motifs is 8. The van der Waals surface area contributed by atoms with Gasteiger partial charge in [-0.3, -0.25) is 0 Å². The Kier molecular flexibility index (Phi) is 6.80. The Morgan fingerprint density at radius 2 is 1.00 bits per heavy atom. The summed E-state index contributed by atoms with van der Waals surface area (Å²) in [6.07, 6.45) is 0. The van der Waals surface area contributed by atoms with Crippen molar-refractivity contribution in [1.82, 2.24) is 4.57 Å². The molecule has 11 rings (SSSR count). The summed E-state index contributed by atoms with van der Waals surface area (Å²) < 4.78 is 5.09. The standard InChI is InChI=1S/C51H36N2S/c1-51(2)43-16-8-10-18-47(43)52(37-24-20-34(21-25-37)33-12-4-3-5-13-33)48-28-23-36(31-44(48)51)35-22-27-46-41(30-35)39-14-6-9-17-45(39)53(46)38-26-29-50-42(32-38)40-15-7-11-19-49(40)54-50/h3-32H,1-2H3. The highest BCUT2D eigenvalue weighted by Gasteiger charge is 2.37. The summed E-state index contributed by atoms with van der Waals surface area (Å²) in [5.41, 5.74) is 14.6. The molecule has 3 heterocycles. The molecule has 2 aromatic heterocycles. The van der Waals surface area contributed by atoms with Crippen molar-refractivity contribution in [3.63, 3.8) is 0 Å². The third-order valence-corrected chi connectivity index (χ3v) is 12.7. The third kappa shape index (κ3) is 4.65. The Morgan fingerprint density at radius 1 is 0.389 bits per heavy atom. The topological polar surface area (TPSA) is 8.17 Å². The molecule has 0 N–H and O–H groups in total. The van der Waals surface area contributed by atoms with E-state index in [-0.39, 0.29) is 5.41 Å². The molecule has 10 aromatic rings. The zero-order valence-corrected chi connectivity index (χ0v) is 30.9. The fourth-order valence-corrected chi connectivity index (χ4v) is 9.97. The lowest BCUT2D eigenvalue weighted by Gasteiger charge is -2.42. The highest BCUT2D eigenvalue weighted by atomic mass is 32.1. The molecule has 2 nitrogen and oxygen atoms in total. The number of anilines is 3. The Bertz CT molecular complexity index is 3070. The first-order valence-corrected chi connectivity index (χ1v) is 19.5. The van der Waals surface area contributed by atoms with Crippen molar-refractivity contribution >= 4 is 70.4 Å². The summed E-state index contributed by atoms with van der Waals surface area (Å²) in [5.74, 6) is 0. The van der Waals surface area contributed by atoms with Gasteiger partial charge in [0.05, 0.1) is 22.4 Å². The second-order valence-corrected chi connectivity index (χ2v) is 16.1. The summed E-state index contributed by atoms with van der Waals surface area (Å²) in [6.45, 7) is 4.74. The van der Waals surface area contributed by atoms with Crippen molar-refractivity contribution < 1.29 is 0 Å². The first-order chi connectivity index (χ1) is 26.5. The van der Waals surface area contributed by atoms with Gasteiger partial charge in [-0.15, -0.1) is 11.3 Å². The van der Waals surface area contributed by atoms with Gasteiger partial charge in [0, 0.05) is 47.7 Å². The number of para-hydroxylation sites is 2. The van der Waals surface area contributed by atoms with Gasteiger partial charge in [-0.1, -0.05) is 123 Å². The Labute approximate surface area is 318 Å². The molecular weight excluding hydrogens is 673 g/mol. The van der Waals surface area contributed by atoms with Crippen LogP contribution in [0, 0.1) is 0 Å². The molecule has 0 atom stereocenters. The largest absolute Gasteiger partial charge is 0.310 e. The predicted molar refractivity (Wildman–Crippen MR) is 231 cm³/mol. The summed E-state index contributed by atoms with van der Waals surface area (Å²) in [6, 6.07) is 67.2. The second-order valence-electron chi connectivity index (χ2n) is 15.0.